The van der Waals surface area contributed by atoms with Gasteiger partial charge in [-0.05, 0) is 12.8 Å². The summed E-state index contributed by atoms with van der Waals surface area (Å²) < 4.78 is 34.4. The largest absolute Gasteiger partial charge is 0.394 e. The Labute approximate surface area is 532 Å². The average molecular weight is 1260 g/mol. The highest BCUT2D eigenvalue weighted by Gasteiger charge is 2.53. The average Bonchev–Trinajstić information content (AvgIpc) is 3.69. The third-order valence-electron chi connectivity index (χ3n) is 18.7. The maximum atomic E-state index is 13.4. The topological polar surface area (TPSA) is 307 Å². The van der Waals surface area contributed by atoms with Crippen LogP contribution in [-0.2, 0) is 33.2 Å². The molecule has 19 nitrogen and oxygen atoms in total. The van der Waals surface area contributed by atoms with Crippen molar-refractivity contribution in [2.75, 3.05) is 26.4 Å². The molecule has 0 aromatic rings. The van der Waals surface area contributed by atoms with Gasteiger partial charge in [0.25, 0.3) is 0 Å². The first-order valence-corrected chi connectivity index (χ1v) is 36.3. The molecule has 0 aromatic carbocycles. The quantitative estimate of drug-likeness (QED) is 0.0252. The van der Waals surface area contributed by atoms with Crippen LogP contribution in [0.25, 0.3) is 0 Å². The predicted molar refractivity (Wildman–Crippen MR) is 342 cm³/mol. The summed E-state index contributed by atoms with van der Waals surface area (Å²) in [6.07, 6.45) is 29.1. The number of rotatable bonds is 57. The molecule has 1 amide bonds. The van der Waals surface area contributed by atoms with Crippen molar-refractivity contribution in [3.05, 3.63) is 0 Å². The van der Waals surface area contributed by atoms with Gasteiger partial charge in [-0.15, -0.1) is 0 Å². The van der Waals surface area contributed by atoms with E-state index in [4.69, 9.17) is 28.4 Å². The minimum atomic E-state index is -1.97. The number of hydrogen-bond donors (Lipinski definition) is 12. The van der Waals surface area contributed by atoms with Crippen LogP contribution >= 0.6 is 0 Å². The van der Waals surface area contributed by atoms with Crippen molar-refractivity contribution < 1.29 is 89.4 Å². The Morgan fingerprint density at radius 2 is 0.648 bits per heavy atom. The molecule has 0 radical (unpaired) electrons. The minimum Gasteiger partial charge on any atom is -0.394 e. The van der Waals surface area contributed by atoms with Gasteiger partial charge in [0.1, 0.15) is 73.2 Å². The second kappa shape index (κ2) is 52.1. The molecule has 3 fully saturated rings. The number of ether oxygens (including phenoxy) is 6. The van der Waals surface area contributed by atoms with Gasteiger partial charge in [0.2, 0.25) is 5.91 Å². The Balaban J connectivity index is 1.38. The van der Waals surface area contributed by atoms with E-state index in [1.165, 1.54) is 225 Å². The van der Waals surface area contributed by atoms with Gasteiger partial charge in [-0.1, -0.05) is 284 Å². The molecule has 0 aliphatic carbocycles. The van der Waals surface area contributed by atoms with Gasteiger partial charge in [-0.25, -0.2) is 0 Å². The lowest BCUT2D eigenvalue weighted by atomic mass is 9.96. The normalized spacial score (nSPS) is 28.3. The van der Waals surface area contributed by atoms with Crippen LogP contribution in [-0.4, -0.2) is 193 Å². The zero-order chi connectivity index (χ0) is 64.0. The van der Waals surface area contributed by atoms with E-state index in [0.29, 0.717) is 12.8 Å². The van der Waals surface area contributed by atoms with Crippen molar-refractivity contribution in [3.63, 3.8) is 0 Å². The van der Waals surface area contributed by atoms with Gasteiger partial charge in [0, 0.05) is 6.42 Å². The maximum Gasteiger partial charge on any atom is 0.220 e. The van der Waals surface area contributed by atoms with Crippen LogP contribution in [0.4, 0.5) is 0 Å². The summed E-state index contributed by atoms with van der Waals surface area (Å²) in [7, 11) is 0. The van der Waals surface area contributed by atoms with E-state index in [2.05, 4.69) is 19.2 Å². The van der Waals surface area contributed by atoms with E-state index < -0.39 is 124 Å². The van der Waals surface area contributed by atoms with Gasteiger partial charge in [0.15, 0.2) is 18.9 Å². The van der Waals surface area contributed by atoms with E-state index in [9.17, 15) is 61.0 Å². The summed E-state index contributed by atoms with van der Waals surface area (Å²) in [4.78, 5) is 13.4. The zero-order valence-corrected chi connectivity index (χ0v) is 55.2. The molecule has 19 heteroatoms. The molecule has 0 saturated carbocycles. The number of hydrogen-bond acceptors (Lipinski definition) is 18. The van der Waals surface area contributed by atoms with Crippen molar-refractivity contribution in [2.24, 2.45) is 0 Å². The molecule has 17 atom stereocenters. The summed E-state index contributed by atoms with van der Waals surface area (Å²) in [6.45, 7) is 1.84. The first-order valence-electron chi connectivity index (χ1n) is 36.3. The summed E-state index contributed by atoms with van der Waals surface area (Å²) in [5, 5.41) is 121. The molecule has 12 N–H and O–H groups in total. The SMILES string of the molecule is CCCCCCCCCCCCCCCCCCCCCCCCCCCCCCC(=O)NC(COC1OC(CO)C(OC2OC(CO)C(OC3OC(CO)C(O)C(O)C3O)C(O)C2O)C(O)C1O)C(O)CCCCCCCCCCCCCCCCC. The fraction of sp³-hybridized carbons (Fsp3) is 0.986. The summed E-state index contributed by atoms with van der Waals surface area (Å²) >= 11 is 0. The van der Waals surface area contributed by atoms with Gasteiger partial charge in [-0.2, -0.15) is 0 Å². The van der Waals surface area contributed by atoms with E-state index in [-0.39, 0.29) is 18.9 Å². The van der Waals surface area contributed by atoms with Crippen LogP contribution in [0.2, 0.25) is 0 Å². The first-order chi connectivity index (χ1) is 42.8. The van der Waals surface area contributed by atoms with E-state index >= 15 is 0 Å². The van der Waals surface area contributed by atoms with Gasteiger partial charge >= 0.3 is 0 Å². The summed E-state index contributed by atoms with van der Waals surface area (Å²) in [5.74, 6) is -0.235. The van der Waals surface area contributed by atoms with Crippen LogP contribution in [0, 0.1) is 0 Å². The number of unbranched alkanes of at least 4 members (excludes halogenated alkanes) is 41. The molecule has 0 bridgehead atoms. The molecule has 0 aromatic heterocycles. The number of carbonyl (C=O) groups is 1. The van der Waals surface area contributed by atoms with Crippen molar-refractivity contribution >= 4 is 5.91 Å². The van der Waals surface area contributed by atoms with Gasteiger partial charge < -0.3 is 89.9 Å². The number of aliphatic hydroxyl groups excluding tert-OH is 11. The van der Waals surface area contributed by atoms with E-state index in [0.717, 1.165) is 44.9 Å². The second-order valence-corrected chi connectivity index (χ2v) is 26.4. The summed E-state index contributed by atoms with van der Waals surface area (Å²) in [5.41, 5.74) is 0. The lowest BCUT2D eigenvalue weighted by Gasteiger charge is -2.48. The molecule has 17 unspecified atom stereocenters. The van der Waals surface area contributed by atoms with E-state index in [1.54, 1.807) is 0 Å². The van der Waals surface area contributed by atoms with E-state index in [1.807, 2.05) is 0 Å². The Morgan fingerprint density at radius 1 is 0.364 bits per heavy atom. The Kier molecular flexibility index (Phi) is 48.0. The van der Waals surface area contributed by atoms with Crippen LogP contribution < -0.4 is 5.32 Å². The Hall–Kier alpha value is -1.21. The van der Waals surface area contributed by atoms with Crippen molar-refractivity contribution in [3.8, 4) is 0 Å². The smallest absolute Gasteiger partial charge is 0.220 e. The number of carbonyl (C=O) groups excluding carboxylic acids is 1. The minimum absolute atomic E-state index is 0.235. The monoisotopic (exact) mass is 1260 g/mol. The van der Waals surface area contributed by atoms with Crippen LogP contribution in [0.1, 0.15) is 303 Å². The lowest BCUT2D eigenvalue weighted by molar-refractivity contribution is -0.379. The molecule has 3 aliphatic heterocycles. The summed E-state index contributed by atoms with van der Waals surface area (Å²) in [6, 6.07) is -0.881. The van der Waals surface area contributed by atoms with Crippen molar-refractivity contribution in [1.82, 2.24) is 5.32 Å². The molecular formula is C69H133NO18. The van der Waals surface area contributed by atoms with Gasteiger partial charge in [-0.3, -0.25) is 4.79 Å². The Bertz CT molecular complexity index is 1600. The standard InChI is InChI=1S/C69H133NO18/c1-3-5-7-9-11-13-15-17-19-20-21-22-23-24-25-26-27-28-29-30-31-33-35-37-39-41-43-45-47-57(75)70-52(53(74)46-44-42-40-38-36-34-32-18-16-14-12-10-8-6-4-2)51-83-67-63(81)60(78)65(55(49-72)85-67)88-69-64(82)61(79)66(56(50-73)86-69)87-68-62(80)59(77)58(76)54(48-71)84-68/h52-56,58-69,71-74,76-82H,3-51H2,1-2H3,(H,70,75). The molecule has 88 heavy (non-hydrogen) atoms. The third kappa shape index (κ3) is 33.8. The highest BCUT2D eigenvalue weighted by Crippen LogP contribution is 2.33. The zero-order valence-electron chi connectivity index (χ0n) is 55.2. The second-order valence-electron chi connectivity index (χ2n) is 26.4. The number of aliphatic hydroxyl groups is 11. The van der Waals surface area contributed by atoms with Crippen LogP contribution in [0.15, 0.2) is 0 Å². The number of nitrogens with one attached hydrogen (secondary N) is 1. The van der Waals surface area contributed by atoms with Crippen molar-refractivity contribution in [2.45, 2.75) is 407 Å². The van der Waals surface area contributed by atoms with Gasteiger partial charge in [0.05, 0.1) is 38.6 Å². The lowest BCUT2D eigenvalue weighted by Crippen LogP contribution is -2.66. The maximum absolute atomic E-state index is 13.4. The molecule has 3 aliphatic rings. The predicted octanol–water partition coefficient (Wildman–Crippen LogP) is 9.89. The fourth-order valence-electron chi connectivity index (χ4n) is 12.8. The fourth-order valence-corrected chi connectivity index (χ4v) is 12.8. The molecular weight excluding hydrogens is 1130 g/mol. The molecule has 3 heterocycles. The highest BCUT2D eigenvalue weighted by atomic mass is 16.8. The number of amides is 1. The van der Waals surface area contributed by atoms with Crippen LogP contribution in [0.3, 0.4) is 0 Å². The molecule has 3 rings (SSSR count). The molecule has 0 spiro atoms. The third-order valence-corrected chi connectivity index (χ3v) is 18.7. The first kappa shape index (κ1) is 81.0. The van der Waals surface area contributed by atoms with Crippen LogP contribution in [0.5, 0.6) is 0 Å². The molecule has 3 saturated heterocycles. The van der Waals surface area contributed by atoms with Crippen molar-refractivity contribution in [1.29, 1.82) is 0 Å². The molecule has 522 valence electrons. The highest BCUT2D eigenvalue weighted by molar-refractivity contribution is 5.76. The Morgan fingerprint density at radius 3 is 0.989 bits per heavy atom.